The molecule has 9 nitrogen and oxygen atoms in total. The average Bonchev–Trinajstić information content (AvgIpc) is 3.45. The summed E-state index contributed by atoms with van der Waals surface area (Å²) in [6.45, 7) is 26.7. The largest absolute Gasteiger partial charge is 0.501 e. The van der Waals surface area contributed by atoms with Crippen LogP contribution in [0.15, 0.2) is 61.5 Å². The number of nitrogens with zero attached hydrogens (tertiary/aromatic N) is 3. The van der Waals surface area contributed by atoms with E-state index in [2.05, 4.69) is 99.6 Å². The SMILES string of the molecule is C=C(C(C)N)C(C)CCCCNN.C=COCC(C)(C)Cc1c(-c2cccnc2C(C)C=N)n(CC)c2ccc(N(CCO)CCCC)cc12.CS. The molecular formula is C42H71N7O2S. The molecule has 2 heterocycles. The van der Waals surface area contributed by atoms with Crippen LogP contribution in [0.3, 0.4) is 0 Å². The van der Waals surface area contributed by atoms with Gasteiger partial charge in [0.25, 0.3) is 0 Å². The molecule has 3 aromatic rings. The van der Waals surface area contributed by atoms with E-state index < -0.39 is 0 Å². The second-order valence-electron chi connectivity index (χ2n) is 14.3. The quantitative estimate of drug-likeness (QED) is 0.0116. The Labute approximate surface area is 321 Å². The predicted molar refractivity (Wildman–Crippen MR) is 229 cm³/mol. The summed E-state index contributed by atoms with van der Waals surface area (Å²) in [6, 6.07) is 10.9. The molecule has 3 atom stereocenters. The van der Waals surface area contributed by atoms with Gasteiger partial charge in [-0.3, -0.25) is 16.3 Å². The van der Waals surface area contributed by atoms with Crippen molar-refractivity contribution in [1.82, 2.24) is 15.0 Å². The molecule has 52 heavy (non-hydrogen) atoms. The number of thiol groups is 1. The van der Waals surface area contributed by atoms with Crippen LogP contribution in [-0.4, -0.2) is 66.0 Å². The second kappa shape index (κ2) is 25.0. The molecule has 0 saturated carbocycles. The van der Waals surface area contributed by atoms with Crippen molar-refractivity contribution in [3.8, 4) is 11.3 Å². The van der Waals surface area contributed by atoms with Crippen LogP contribution in [0, 0.1) is 16.7 Å². The molecule has 3 unspecified atom stereocenters. The van der Waals surface area contributed by atoms with Crippen molar-refractivity contribution in [3.05, 3.63) is 72.8 Å². The maximum Gasteiger partial charge on any atom is 0.0927 e. The number of hydrazine groups is 1. The molecule has 0 saturated heterocycles. The summed E-state index contributed by atoms with van der Waals surface area (Å²) in [6.07, 6.45) is 12.9. The second-order valence-corrected chi connectivity index (χ2v) is 14.3. The van der Waals surface area contributed by atoms with Gasteiger partial charge in [0, 0.05) is 78.1 Å². The Morgan fingerprint density at radius 1 is 1.15 bits per heavy atom. The van der Waals surface area contributed by atoms with Crippen LogP contribution in [0.4, 0.5) is 5.69 Å². The highest BCUT2D eigenvalue weighted by Crippen LogP contribution is 2.41. The molecule has 0 aliphatic rings. The Hall–Kier alpha value is -3.15. The number of hydrogen-bond acceptors (Lipinski definition) is 9. The fraction of sp³-hybridized carbons (Fsp3) is 0.571. The molecule has 0 aliphatic heterocycles. The topological polar surface area (TPSA) is 138 Å². The highest BCUT2D eigenvalue weighted by atomic mass is 32.1. The zero-order chi connectivity index (χ0) is 39.3. The van der Waals surface area contributed by atoms with Gasteiger partial charge in [-0.25, -0.2) is 0 Å². The van der Waals surface area contributed by atoms with E-state index in [-0.39, 0.29) is 24.0 Å². The number of rotatable bonds is 22. The molecular weight excluding hydrogens is 667 g/mol. The Bertz CT molecular complexity index is 1490. The number of fused-ring (bicyclic) bond motifs is 1. The van der Waals surface area contributed by atoms with Gasteiger partial charge in [-0.1, -0.05) is 66.2 Å². The number of aromatic nitrogens is 2. The van der Waals surface area contributed by atoms with Crippen LogP contribution in [0.5, 0.6) is 0 Å². The highest BCUT2D eigenvalue weighted by molar-refractivity contribution is 7.79. The molecule has 0 spiro atoms. The zero-order valence-corrected chi connectivity index (χ0v) is 34.4. The lowest BCUT2D eigenvalue weighted by atomic mass is 9.84. The first-order valence-corrected chi connectivity index (χ1v) is 19.8. The number of aliphatic hydroxyl groups is 1. The van der Waals surface area contributed by atoms with E-state index in [1.54, 1.807) is 6.26 Å². The molecule has 0 amide bonds. The van der Waals surface area contributed by atoms with Gasteiger partial charge >= 0.3 is 0 Å². The van der Waals surface area contributed by atoms with E-state index in [0.717, 1.165) is 74.3 Å². The number of benzene rings is 1. The molecule has 3 rings (SSSR count). The summed E-state index contributed by atoms with van der Waals surface area (Å²) in [7, 11) is 0. The molecule has 2 aromatic heterocycles. The predicted octanol–water partition coefficient (Wildman–Crippen LogP) is 8.51. The number of ether oxygens (including phenoxy) is 1. The summed E-state index contributed by atoms with van der Waals surface area (Å²) >= 11 is 3.53. The fourth-order valence-electron chi connectivity index (χ4n) is 6.45. The summed E-state index contributed by atoms with van der Waals surface area (Å²) in [5.41, 5.74) is 16.2. The maximum atomic E-state index is 9.75. The number of aryl methyl sites for hydroxylation is 1. The number of anilines is 1. The minimum Gasteiger partial charge on any atom is -0.501 e. The Morgan fingerprint density at radius 2 is 1.87 bits per heavy atom. The van der Waals surface area contributed by atoms with Crippen molar-refractivity contribution in [1.29, 1.82) is 5.41 Å². The van der Waals surface area contributed by atoms with E-state index in [1.165, 1.54) is 41.1 Å². The van der Waals surface area contributed by atoms with Crippen LogP contribution in [-0.2, 0) is 17.7 Å². The van der Waals surface area contributed by atoms with E-state index in [0.29, 0.717) is 19.1 Å². The number of nitrogens with one attached hydrogen (secondary N) is 2. The lowest BCUT2D eigenvalue weighted by Gasteiger charge is -2.26. The van der Waals surface area contributed by atoms with Gasteiger partial charge in [-0.15, -0.1) is 0 Å². The van der Waals surface area contributed by atoms with Gasteiger partial charge < -0.3 is 30.5 Å². The van der Waals surface area contributed by atoms with Crippen LogP contribution < -0.4 is 21.9 Å². The molecule has 1 aromatic carbocycles. The lowest BCUT2D eigenvalue weighted by Crippen LogP contribution is -2.27. The van der Waals surface area contributed by atoms with E-state index in [1.807, 2.05) is 26.1 Å². The number of pyridine rings is 1. The molecule has 7 N–H and O–H groups in total. The minimum atomic E-state index is -0.131. The molecule has 0 bridgehead atoms. The summed E-state index contributed by atoms with van der Waals surface area (Å²) in [4.78, 5) is 7.01. The average molecular weight is 738 g/mol. The van der Waals surface area contributed by atoms with Gasteiger partial charge in [-0.2, -0.15) is 12.6 Å². The number of nitrogens with two attached hydrogens (primary N) is 2. The zero-order valence-electron chi connectivity index (χ0n) is 33.5. The molecule has 0 fully saturated rings. The number of hydrogen-bond donors (Lipinski definition) is 6. The van der Waals surface area contributed by atoms with Crippen molar-refractivity contribution in [2.24, 2.45) is 22.9 Å². The van der Waals surface area contributed by atoms with Crippen LogP contribution >= 0.6 is 12.6 Å². The standard InChI is InChI=1S/C31H44N4O2.C10H23N3.CH4S/c1-7-10-16-34(17-18-36)24-13-14-28-26(19-24)27(20-31(5,6)22-37-9-3)30(35(28)8-2)25-12-11-15-33-29(25)23(4)21-32;1-8(9(2)10(3)11)6-4-5-7-13-12;1-2/h9,11-15,19,21,23,32,36H,3,7-8,10,16-18,20,22H2,1-2,4-6H3;8,10,13H,2,4-7,11-12H2,1,3H3;2H,1H3. The van der Waals surface area contributed by atoms with E-state index in [9.17, 15) is 5.11 Å². The number of aliphatic hydroxyl groups excluding tert-OH is 1. The van der Waals surface area contributed by atoms with Crippen molar-refractivity contribution in [3.63, 3.8) is 0 Å². The Morgan fingerprint density at radius 3 is 2.44 bits per heavy atom. The monoisotopic (exact) mass is 738 g/mol. The first-order chi connectivity index (χ1) is 24.9. The van der Waals surface area contributed by atoms with E-state index >= 15 is 0 Å². The van der Waals surface area contributed by atoms with Crippen molar-refractivity contribution >= 4 is 35.4 Å². The van der Waals surface area contributed by atoms with Crippen LogP contribution in [0.2, 0.25) is 0 Å². The van der Waals surface area contributed by atoms with Crippen molar-refractivity contribution in [2.45, 2.75) is 105 Å². The fourth-order valence-corrected chi connectivity index (χ4v) is 6.45. The molecule has 0 radical (unpaired) electrons. The smallest absolute Gasteiger partial charge is 0.0927 e. The highest BCUT2D eigenvalue weighted by Gasteiger charge is 2.28. The summed E-state index contributed by atoms with van der Waals surface area (Å²) in [5, 5.41) is 18.9. The van der Waals surface area contributed by atoms with Crippen molar-refractivity contribution < 1.29 is 9.84 Å². The van der Waals surface area contributed by atoms with Crippen LogP contribution in [0.25, 0.3) is 22.2 Å². The third kappa shape index (κ3) is 14.0. The van der Waals surface area contributed by atoms with Crippen LogP contribution in [0.1, 0.15) is 97.7 Å². The first kappa shape index (κ1) is 46.9. The minimum absolute atomic E-state index is 0.0888. The van der Waals surface area contributed by atoms with Gasteiger partial charge in [-0.05, 0) is 87.6 Å². The summed E-state index contributed by atoms with van der Waals surface area (Å²) < 4.78 is 8.05. The Kier molecular flexibility index (Phi) is 22.5. The van der Waals surface area contributed by atoms with Gasteiger partial charge in [0.05, 0.1) is 30.9 Å². The van der Waals surface area contributed by atoms with Gasteiger partial charge in [0.1, 0.15) is 0 Å². The number of unbranched alkanes of at least 4 members (excludes halogenated alkanes) is 2. The van der Waals surface area contributed by atoms with Gasteiger partial charge in [0.2, 0.25) is 0 Å². The third-order valence-corrected chi connectivity index (χ3v) is 9.43. The maximum absolute atomic E-state index is 9.75. The third-order valence-electron chi connectivity index (χ3n) is 9.43. The lowest BCUT2D eigenvalue weighted by molar-refractivity contribution is 0.138. The summed E-state index contributed by atoms with van der Waals surface area (Å²) in [5.74, 6) is 5.60. The Balaban J connectivity index is 0.000000761. The normalized spacial score (nSPS) is 12.8. The first-order valence-electron chi connectivity index (χ1n) is 18.9. The molecule has 10 heteroatoms. The van der Waals surface area contributed by atoms with Gasteiger partial charge in [0.15, 0.2) is 0 Å². The van der Waals surface area contributed by atoms with Crippen molar-refractivity contribution in [2.75, 3.05) is 44.0 Å². The molecule has 292 valence electrons. The van der Waals surface area contributed by atoms with E-state index in [4.69, 9.17) is 26.7 Å². The molecule has 0 aliphatic carbocycles.